The molecule has 2 heterocycles. The molecular formula is C23H26BrN4O2S+. The fourth-order valence-electron chi connectivity index (χ4n) is 4.08. The van der Waals surface area contributed by atoms with Crippen LogP contribution in [0, 0.1) is 4.77 Å². The fourth-order valence-corrected chi connectivity index (χ4v) is 4.70. The summed E-state index contributed by atoms with van der Waals surface area (Å²) in [6, 6.07) is 12.8. The maximum Gasteiger partial charge on any atom is 0.262 e. The summed E-state index contributed by atoms with van der Waals surface area (Å²) >= 11 is 8.81. The number of aromatic amines is 1. The molecule has 3 aromatic rings. The molecular weight excluding hydrogens is 476 g/mol. The number of hydrogen-bond donors (Lipinski definition) is 3. The lowest BCUT2D eigenvalue weighted by Crippen LogP contribution is -3.10. The number of nitrogens with zero attached hydrogens (tertiary/aromatic N) is 1. The van der Waals surface area contributed by atoms with Gasteiger partial charge in [0.1, 0.15) is 0 Å². The number of carbonyl (C=O) groups is 1. The summed E-state index contributed by atoms with van der Waals surface area (Å²) in [5, 5.41) is 3.58. The number of fused-ring (bicyclic) bond motifs is 1. The normalized spacial score (nSPS) is 14.2. The maximum atomic E-state index is 12.9. The first-order valence-electron chi connectivity index (χ1n) is 10.6. The second-order valence-corrected chi connectivity index (χ2v) is 9.33. The Morgan fingerprint density at radius 3 is 2.65 bits per heavy atom. The molecule has 0 saturated carbocycles. The molecule has 1 aromatic heterocycles. The molecule has 1 aliphatic rings. The first-order chi connectivity index (χ1) is 15.0. The fraction of sp³-hybridized carbons (Fsp3) is 0.348. The van der Waals surface area contributed by atoms with Crippen LogP contribution in [0.2, 0.25) is 0 Å². The van der Waals surface area contributed by atoms with E-state index in [1.807, 2.05) is 24.3 Å². The molecule has 1 aliphatic heterocycles. The second-order valence-electron chi connectivity index (χ2n) is 8.02. The molecule has 3 N–H and O–H groups in total. The van der Waals surface area contributed by atoms with Crippen molar-refractivity contribution in [1.82, 2.24) is 14.9 Å². The zero-order chi connectivity index (χ0) is 21.8. The van der Waals surface area contributed by atoms with E-state index in [0.717, 1.165) is 23.0 Å². The van der Waals surface area contributed by atoms with Crippen molar-refractivity contribution >= 4 is 45.0 Å². The zero-order valence-electron chi connectivity index (χ0n) is 17.2. The van der Waals surface area contributed by atoms with Crippen LogP contribution in [-0.4, -0.2) is 41.6 Å². The minimum Gasteiger partial charge on any atom is -0.352 e. The standard InChI is InChI=1S/C23H25BrN4O2S/c24-18-8-9-20-19(14-18)22(30)28(23(31)26-20)15-16-4-6-17(7-5-16)21(29)25-10-3-13-27-11-1-2-12-27/h4-9,14H,1-3,10-13,15H2,(H,25,29)(H,26,31)/p+1. The van der Waals surface area contributed by atoms with E-state index in [1.54, 1.807) is 27.7 Å². The van der Waals surface area contributed by atoms with Gasteiger partial charge in [0.2, 0.25) is 0 Å². The van der Waals surface area contributed by atoms with Crippen LogP contribution in [-0.2, 0) is 6.54 Å². The quantitative estimate of drug-likeness (QED) is 0.344. The Morgan fingerprint density at radius 1 is 1.16 bits per heavy atom. The predicted octanol–water partition coefficient (Wildman–Crippen LogP) is 2.67. The zero-order valence-corrected chi connectivity index (χ0v) is 19.7. The molecule has 0 bridgehead atoms. The molecule has 31 heavy (non-hydrogen) atoms. The molecule has 162 valence electrons. The molecule has 2 aromatic carbocycles. The Kier molecular flexibility index (Phi) is 6.99. The van der Waals surface area contributed by atoms with Crippen LogP contribution in [0.4, 0.5) is 0 Å². The molecule has 4 rings (SSSR count). The van der Waals surface area contributed by atoms with Gasteiger partial charge in [0, 0.05) is 35.8 Å². The van der Waals surface area contributed by atoms with E-state index in [2.05, 4.69) is 26.2 Å². The molecule has 6 nitrogen and oxygen atoms in total. The van der Waals surface area contributed by atoms with Crippen molar-refractivity contribution in [2.75, 3.05) is 26.2 Å². The highest BCUT2D eigenvalue weighted by Gasteiger charge is 2.14. The Bertz CT molecular complexity index is 1200. The van der Waals surface area contributed by atoms with Gasteiger partial charge in [-0.2, -0.15) is 0 Å². The van der Waals surface area contributed by atoms with Crippen molar-refractivity contribution in [1.29, 1.82) is 0 Å². The van der Waals surface area contributed by atoms with Gasteiger partial charge in [-0.3, -0.25) is 14.2 Å². The number of rotatable bonds is 7. The minimum atomic E-state index is -0.137. The van der Waals surface area contributed by atoms with E-state index in [0.29, 0.717) is 34.3 Å². The molecule has 1 fully saturated rings. The predicted molar refractivity (Wildman–Crippen MR) is 128 cm³/mol. The van der Waals surface area contributed by atoms with Crippen molar-refractivity contribution in [3.05, 3.63) is 73.2 Å². The van der Waals surface area contributed by atoms with Crippen molar-refractivity contribution in [2.45, 2.75) is 25.8 Å². The Morgan fingerprint density at radius 2 is 1.90 bits per heavy atom. The Labute approximate surface area is 194 Å². The third kappa shape index (κ3) is 5.31. The smallest absolute Gasteiger partial charge is 0.262 e. The van der Waals surface area contributed by atoms with E-state index in [9.17, 15) is 9.59 Å². The van der Waals surface area contributed by atoms with Crippen LogP contribution in [0.1, 0.15) is 35.2 Å². The number of hydrogen-bond acceptors (Lipinski definition) is 3. The molecule has 1 amide bonds. The number of aromatic nitrogens is 2. The highest BCUT2D eigenvalue weighted by Crippen LogP contribution is 2.16. The number of benzene rings is 2. The van der Waals surface area contributed by atoms with Gasteiger partial charge >= 0.3 is 0 Å². The number of carbonyl (C=O) groups excluding carboxylic acids is 1. The van der Waals surface area contributed by atoms with Gasteiger partial charge in [-0.1, -0.05) is 28.1 Å². The van der Waals surface area contributed by atoms with Crippen molar-refractivity contribution in [2.24, 2.45) is 0 Å². The van der Waals surface area contributed by atoms with Gasteiger partial charge in [-0.15, -0.1) is 0 Å². The van der Waals surface area contributed by atoms with Crippen molar-refractivity contribution in [3.63, 3.8) is 0 Å². The lowest BCUT2D eigenvalue weighted by molar-refractivity contribution is -0.887. The SMILES string of the molecule is O=C(NCCC[NH+]1CCCC1)c1ccc(Cn2c(=S)[nH]c3ccc(Br)cc3c2=O)cc1. The molecule has 0 spiro atoms. The topological polar surface area (TPSA) is 71.3 Å². The first-order valence-corrected chi connectivity index (χ1v) is 11.8. The van der Waals surface area contributed by atoms with Crippen LogP contribution < -0.4 is 15.8 Å². The highest BCUT2D eigenvalue weighted by atomic mass is 79.9. The van der Waals surface area contributed by atoms with Gasteiger partial charge in [-0.25, -0.2) is 0 Å². The number of H-pyrrole nitrogens is 1. The van der Waals surface area contributed by atoms with Gasteiger partial charge in [0.15, 0.2) is 4.77 Å². The lowest BCUT2D eigenvalue weighted by atomic mass is 10.1. The number of amides is 1. The van der Waals surface area contributed by atoms with E-state index in [4.69, 9.17) is 12.2 Å². The van der Waals surface area contributed by atoms with Gasteiger partial charge in [0.25, 0.3) is 11.5 Å². The third-order valence-electron chi connectivity index (χ3n) is 5.80. The van der Waals surface area contributed by atoms with Crippen LogP contribution in [0.3, 0.4) is 0 Å². The number of nitrogens with one attached hydrogen (secondary N) is 3. The maximum absolute atomic E-state index is 12.9. The van der Waals surface area contributed by atoms with E-state index in [1.165, 1.54) is 25.9 Å². The minimum absolute atomic E-state index is 0.0621. The van der Waals surface area contributed by atoms with Crippen LogP contribution in [0.5, 0.6) is 0 Å². The monoisotopic (exact) mass is 501 g/mol. The van der Waals surface area contributed by atoms with E-state index in [-0.39, 0.29) is 11.5 Å². The van der Waals surface area contributed by atoms with E-state index < -0.39 is 0 Å². The van der Waals surface area contributed by atoms with Gasteiger partial charge < -0.3 is 15.2 Å². The summed E-state index contributed by atoms with van der Waals surface area (Å²) in [6.45, 7) is 4.68. The highest BCUT2D eigenvalue weighted by molar-refractivity contribution is 9.10. The third-order valence-corrected chi connectivity index (χ3v) is 6.62. The first kappa shape index (κ1) is 21.9. The number of halogens is 1. The molecule has 0 atom stereocenters. The number of quaternary nitrogens is 1. The molecule has 8 heteroatoms. The largest absolute Gasteiger partial charge is 0.352 e. The Hall–Kier alpha value is -2.29. The summed E-state index contributed by atoms with van der Waals surface area (Å²) in [6.07, 6.45) is 3.64. The number of likely N-dealkylation sites (tertiary alicyclic amines) is 1. The lowest BCUT2D eigenvalue weighted by Gasteiger charge is -2.12. The summed E-state index contributed by atoms with van der Waals surface area (Å²) in [4.78, 5) is 30.1. The summed E-state index contributed by atoms with van der Waals surface area (Å²) in [7, 11) is 0. The Balaban J connectivity index is 1.40. The van der Waals surface area contributed by atoms with Crippen molar-refractivity contribution in [3.8, 4) is 0 Å². The molecule has 0 aliphatic carbocycles. The molecule has 0 unspecified atom stereocenters. The summed E-state index contributed by atoms with van der Waals surface area (Å²) in [5.74, 6) is -0.0621. The van der Waals surface area contributed by atoms with Crippen LogP contribution in [0.25, 0.3) is 10.9 Å². The summed E-state index contributed by atoms with van der Waals surface area (Å²) in [5.41, 5.74) is 2.11. The average molecular weight is 502 g/mol. The molecule has 1 saturated heterocycles. The average Bonchev–Trinajstić information content (AvgIpc) is 3.29. The van der Waals surface area contributed by atoms with Crippen molar-refractivity contribution < 1.29 is 9.69 Å². The van der Waals surface area contributed by atoms with Crippen LogP contribution >= 0.6 is 28.1 Å². The van der Waals surface area contributed by atoms with Crippen LogP contribution in [0.15, 0.2) is 51.7 Å². The van der Waals surface area contributed by atoms with Gasteiger partial charge in [0.05, 0.1) is 37.1 Å². The second kappa shape index (κ2) is 9.89. The van der Waals surface area contributed by atoms with E-state index >= 15 is 0 Å². The van der Waals surface area contributed by atoms with Gasteiger partial charge in [-0.05, 0) is 48.1 Å². The molecule has 0 radical (unpaired) electrons. The summed E-state index contributed by atoms with van der Waals surface area (Å²) < 4.78 is 2.76.